The van der Waals surface area contributed by atoms with Gasteiger partial charge in [0, 0.05) is 12.1 Å². The Bertz CT molecular complexity index is 223. The van der Waals surface area contributed by atoms with Crippen LogP contribution in [0.4, 0.5) is 0 Å². The van der Waals surface area contributed by atoms with Crippen molar-refractivity contribution >= 4 is 0 Å². The Hall–Kier alpha value is -0.0800. The highest BCUT2D eigenvalue weighted by molar-refractivity contribution is 4.83. The molecule has 0 aromatic rings. The van der Waals surface area contributed by atoms with E-state index < -0.39 is 0 Å². The van der Waals surface area contributed by atoms with Crippen molar-refractivity contribution < 1.29 is 0 Å². The number of rotatable bonds is 7. The van der Waals surface area contributed by atoms with Crippen molar-refractivity contribution in [3.8, 4) is 0 Å². The Morgan fingerprint density at radius 3 is 2.61 bits per heavy atom. The number of nitrogens with zero attached hydrogens (tertiary/aromatic N) is 1. The molecule has 1 atom stereocenters. The van der Waals surface area contributed by atoms with E-state index in [2.05, 4.69) is 45.0 Å². The summed E-state index contributed by atoms with van der Waals surface area (Å²) in [7, 11) is 2.22. The van der Waals surface area contributed by atoms with Gasteiger partial charge in [-0.05, 0) is 71.5 Å². The van der Waals surface area contributed by atoms with Gasteiger partial charge in [0.05, 0.1) is 0 Å². The summed E-state index contributed by atoms with van der Waals surface area (Å²) in [6.07, 6.45) is 8.19. The minimum Gasteiger partial charge on any atom is -0.314 e. The zero-order valence-electron chi connectivity index (χ0n) is 13.3. The van der Waals surface area contributed by atoms with E-state index in [1.54, 1.807) is 0 Å². The van der Waals surface area contributed by atoms with Crippen LogP contribution in [-0.4, -0.2) is 37.1 Å². The van der Waals surface area contributed by atoms with E-state index in [0.29, 0.717) is 11.5 Å². The predicted octanol–water partition coefficient (Wildman–Crippen LogP) is 3.67. The van der Waals surface area contributed by atoms with E-state index in [0.717, 1.165) is 6.04 Å². The fraction of sp³-hybridized carbons (Fsp3) is 1.00. The van der Waals surface area contributed by atoms with E-state index in [4.69, 9.17) is 0 Å². The molecule has 1 rings (SSSR count). The van der Waals surface area contributed by atoms with Gasteiger partial charge in [0.2, 0.25) is 0 Å². The largest absolute Gasteiger partial charge is 0.314 e. The molecule has 0 radical (unpaired) electrons. The molecule has 1 fully saturated rings. The molecule has 1 N–H and O–H groups in total. The maximum Gasteiger partial charge on any atom is 0.00721 e. The van der Waals surface area contributed by atoms with Crippen molar-refractivity contribution in [1.29, 1.82) is 0 Å². The second-order valence-electron chi connectivity index (χ2n) is 7.19. The first-order valence-electron chi connectivity index (χ1n) is 7.84. The normalized spacial score (nSPS) is 23.8. The summed E-state index contributed by atoms with van der Waals surface area (Å²) in [5.74, 6) is 0. The van der Waals surface area contributed by atoms with Crippen LogP contribution in [0.1, 0.15) is 66.2 Å². The van der Waals surface area contributed by atoms with Crippen LogP contribution in [-0.2, 0) is 0 Å². The average Bonchev–Trinajstić information content (AvgIpc) is 2.26. The van der Waals surface area contributed by atoms with Crippen LogP contribution in [0, 0.1) is 5.41 Å². The molecular formula is C16H34N2. The highest BCUT2D eigenvalue weighted by Crippen LogP contribution is 2.34. The molecule has 1 aliphatic rings. The fourth-order valence-electron chi connectivity index (χ4n) is 2.92. The lowest BCUT2D eigenvalue weighted by atomic mass is 9.75. The molecule has 1 aliphatic carbocycles. The second-order valence-corrected chi connectivity index (χ2v) is 7.19. The molecule has 0 aromatic carbocycles. The molecule has 0 bridgehead atoms. The lowest BCUT2D eigenvalue weighted by Crippen LogP contribution is -2.38. The first kappa shape index (κ1) is 16.0. The van der Waals surface area contributed by atoms with E-state index in [9.17, 15) is 0 Å². The van der Waals surface area contributed by atoms with Crippen molar-refractivity contribution in [2.24, 2.45) is 5.41 Å². The fourth-order valence-corrected chi connectivity index (χ4v) is 2.92. The standard InChI is InChI=1S/C16H34N2/c1-14(2)18(5)12-7-6-11-17-15-9-8-10-16(3,4)13-15/h14-15,17H,6-13H2,1-5H3. The van der Waals surface area contributed by atoms with Gasteiger partial charge < -0.3 is 10.2 Å². The van der Waals surface area contributed by atoms with Crippen LogP contribution in [0.15, 0.2) is 0 Å². The summed E-state index contributed by atoms with van der Waals surface area (Å²) in [5.41, 5.74) is 0.563. The zero-order chi connectivity index (χ0) is 13.6. The average molecular weight is 254 g/mol. The minimum atomic E-state index is 0.563. The van der Waals surface area contributed by atoms with E-state index >= 15 is 0 Å². The van der Waals surface area contributed by atoms with Crippen LogP contribution in [0.2, 0.25) is 0 Å². The quantitative estimate of drug-likeness (QED) is 0.697. The van der Waals surface area contributed by atoms with E-state index in [1.807, 2.05) is 0 Å². The van der Waals surface area contributed by atoms with Gasteiger partial charge in [-0.1, -0.05) is 20.3 Å². The predicted molar refractivity (Wildman–Crippen MR) is 81.0 cm³/mol. The maximum absolute atomic E-state index is 3.76. The third kappa shape index (κ3) is 6.19. The number of hydrogen-bond acceptors (Lipinski definition) is 2. The second kappa shape index (κ2) is 7.49. The third-order valence-electron chi connectivity index (χ3n) is 4.46. The SMILES string of the molecule is CC(C)N(C)CCCCNC1CCCC(C)(C)C1. The van der Waals surface area contributed by atoms with Crippen molar-refractivity contribution in [3.63, 3.8) is 0 Å². The molecule has 0 spiro atoms. The van der Waals surface area contributed by atoms with Gasteiger partial charge in [-0.3, -0.25) is 0 Å². The van der Waals surface area contributed by atoms with Gasteiger partial charge in [0.25, 0.3) is 0 Å². The molecule has 108 valence electrons. The van der Waals surface area contributed by atoms with Gasteiger partial charge in [0.15, 0.2) is 0 Å². The van der Waals surface area contributed by atoms with Gasteiger partial charge in [0.1, 0.15) is 0 Å². The van der Waals surface area contributed by atoms with Crippen LogP contribution < -0.4 is 5.32 Å². The molecule has 0 aliphatic heterocycles. The summed E-state index contributed by atoms with van der Waals surface area (Å²) in [5, 5.41) is 3.76. The van der Waals surface area contributed by atoms with E-state index in [-0.39, 0.29) is 0 Å². The lowest BCUT2D eigenvalue weighted by Gasteiger charge is -2.35. The maximum atomic E-state index is 3.76. The first-order valence-corrected chi connectivity index (χ1v) is 7.84. The number of nitrogens with one attached hydrogen (secondary N) is 1. The monoisotopic (exact) mass is 254 g/mol. The molecule has 0 heterocycles. The van der Waals surface area contributed by atoms with Crippen molar-refractivity contribution in [2.45, 2.75) is 78.3 Å². The Kier molecular flexibility index (Phi) is 6.65. The zero-order valence-corrected chi connectivity index (χ0v) is 13.3. The molecule has 0 saturated heterocycles. The highest BCUT2D eigenvalue weighted by atomic mass is 15.1. The molecule has 0 amide bonds. The molecule has 0 aromatic heterocycles. The Morgan fingerprint density at radius 1 is 1.28 bits per heavy atom. The van der Waals surface area contributed by atoms with Gasteiger partial charge in [-0.15, -0.1) is 0 Å². The lowest BCUT2D eigenvalue weighted by molar-refractivity contribution is 0.197. The Labute approximate surface area is 115 Å². The smallest absolute Gasteiger partial charge is 0.00721 e. The van der Waals surface area contributed by atoms with Crippen molar-refractivity contribution in [2.75, 3.05) is 20.1 Å². The number of unbranched alkanes of at least 4 members (excludes halogenated alkanes) is 1. The van der Waals surface area contributed by atoms with E-state index in [1.165, 1.54) is 51.6 Å². The highest BCUT2D eigenvalue weighted by Gasteiger charge is 2.27. The minimum absolute atomic E-state index is 0.563. The molecule has 2 heteroatoms. The van der Waals surface area contributed by atoms with Gasteiger partial charge >= 0.3 is 0 Å². The third-order valence-corrected chi connectivity index (χ3v) is 4.46. The Morgan fingerprint density at radius 2 is 2.00 bits per heavy atom. The number of hydrogen-bond donors (Lipinski definition) is 1. The molecular weight excluding hydrogens is 220 g/mol. The summed E-state index contributed by atoms with van der Waals surface area (Å²) in [6.45, 7) is 11.8. The molecule has 18 heavy (non-hydrogen) atoms. The van der Waals surface area contributed by atoms with Crippen molar-refractivity contribution in [1.82, 2.24) is 10.2 Å². The first-order chi connectivity index (χ1) is 8.41. The van der Waals surface area contributed by atoms with Crippen molar-refractivity contribution in [3.05, 3.63) is 0 Å². The summed E-state index contributed by atoms with van der Waals surface area (Å²) in [6, 6.07) is 1.45. The molecule has 1 unspecified atom stereocenters. The van der Waals surface area contributed by atoms with Crippen LogP contribution in [0.5, 0.6) is 0 Å². The summed E-state index contributed by atoms with van der Waals surface area (Å²) >= 11 is 0. The molecule has 1 saturated carbocycles. The summed E-state index contributed by atoms with van der Waals surface area (Å²) in [4.78, 5) is 2.43. The van der Waals surface area contributed by atoms with Crippen LogP contribution in [0.25, 0.3) is 0 Å². The Balaban J connectivity index is 2.04. The summed E-state index contributed by atoms with van der Waals surface area (Å²) < 4.78 is 0. The van der Waals surface area contributed by atoms with Crippen LogP contribution in [0.3, 0.4) is 0 Å². The van der Waals surface area contributed by atoms with Gasteiger partial charge in [-0.25, -0.2) is 0 Å². The van der Waals surface area contributed by atoms with Gasteiger partial charge in [-0.2, -0.15) is 0 Å². The van der Waals surface area contributed by atoms with Crippen LogP contribution >= 0.6 is 0 Å². The topological polar surface area (TPSA) is 15.3 Å². The molecule has 2 nitrogen and oxygen atoms in total.